The number of anilines is 1. The lowest BCUT2D eigenvalue weighted by Gasteiger charge is -2.01. The Kier molecular flexibility index (Phi) is 3.84. The summed E-state index contributed by atoms with van der Waals surface area (Å²) < 4.78 is 26.2. The van der Waals surface area contributed by atoms with Crippen LogP contribution in [-0.4, -0.2) is 35.1 Å². The Hall–Kier alpha value is -1.89. The van der Waals surface area contributed by atoms with E-state index in [4.69, 9.17) is 5.11 Å². The highest BCUT2D eigenvalue weighted by Crippen LogP contribution is 2.20. The Morgan fingerprint density at radius 3 is 2.89 bits per heavy atom. The summed E-state index contributed by atoms with van der Waals surface area (Å²) in [5, 5.41) is 8.74. The second-order valence-corrected chi connectivity index (χ2v) is 6.11. The molecule has 0 bridgehead atoms. The zero-order valence-electron chi connectivity index (χ0n) is 9.84. The highest BCUT2D eigenvalue weighted by atomic mass is 32.2. The van der Waals surface area contributed by atoms with Crippen LogP contribution in [0.25, 0.3) is 0 Å². The minimum Gasteiger partial charge on any atom is -0.384 e. The van der Waals surface area contributed by atoms with Gasteiger partial charge in [0.15, 0.2) is 10.2 Å². The lowest BCUT2D eigenvalue weighted by atomic mass is 10.5. The summed E-state index contributed by atoms with van der Waals surface area (Å²) in [5.74, 6) is 5.61. The minimum absolute atomic E-state index is 0.0248. The van der Waals surface area contributed by atoms with Crippen LogP contribution in [-0.2, 0) is 10.0 Å². The van der Waals surface area contributed by atoms with Crippen molar-refractivity contribution in [1.29, 1.82) is 0 Å². The van der Waals surface area contributed by atoms with Crippen molar-refractivity contribution in [1.82, 2.24) is 15.0 Å². The number of hydrogen-bond acceptors (Lipinski definition) is 6. The quantitative estimate of drug-likeness (QED) is 0.707. The summed E-state index contributed by atoms with van der Waals surface area (Å²) >= 11 is 1.08. The molecule has 2 heterocycles. The van der Waals surface area contributed by atoms with Gasteiger partial charge < -0.3 is 10.1 Å². The molecule has 0 aliphatic rings. The zero-order chi connectivity index (χ0) is 13.9. The summed E-state index contributed by atoms with van der Waals surface area (Å²) in [5.41, 5.74) is 0. The van der Waals surface area contributed by atoms with Crippen molar-refractivity contribution in [3.05, 3.63) is 23.1 Å². The lowest BCUT2D eigenvalue weighted by molar-refractivity contribution is 0.350. The van der Waals surface area contributed by atoms with E-state index in [9.17, 15) is 8.42 Å². The van der Waals surface area contributed by atoms with Crippen LogP contribution < -0.4 is 4.72 Å². The van der Waals surface area contributed by atoms with Crippen LogP contribution in [0.3, 0.4) is 0 Å². The SMILES string of the molecule is Cc1ncc(S(=O)(=O)Nc2ncc(C#CCO)s2)[nH]1. The Labute approximate surface area is 113 Å². The molecule has 2 rings (SSSR count). The average Bonchev–Trinajstić information content (AvgIpc) is 2.95. The van der Waals surface area contributed by atoms with Gasteiger partial charge in [-0.1, -0.05) is 23.2 Å². The van der Waals surface area contributed by atoms with Gasteiger partial charge in [0.2, 0.25) is 0 Å². The van der Waals surface area contributed by atoms with Crippen LogP contribution in [0.1, 0.15) is 10.7 Å². The predicted octanol–water partition coefficient (Wildman–Crippen LogP) is 0.319. The number of thiazole rings is 1. The van der Waals surface area contributed by atoms with Crippen LogP contribution in [0.5, 0.6) is 0 Å². The van der Waals surface area contributed by atoms with Gasteiger partial charge in [-0.2, -0.15) is 8.42 Å². The summed E-state index contributed by atoms with van der Waals surface area (Å²) in [4.78, 5) is 10.9. The third-order valence-corrected chi connectivity index (χ3v) is 4.19. The summed E-state index contributed by atoms with van der Waals surface area (Å²) in [6.07, 6.45) is 2.67. The van der Waals surface area contributed by atoms with E-state index in [2.05, 4.69) is 31.5 Å². The Balaban J connectivity index is 2.19. The van der Waals surface area contributed by atoms with Gasteiger partial charge in [0.05, 0.1) is 17.3 Å². The first kappa shape index (κ1) is 13.5. The lowest BCUT2D eigenvalue weighted by Crippen LogP contribution is -2.13. The number of aliphatic hydroxyl groups is 1. The molecule has 0 aromatic carbocycles. The molecule has 0 radical (unpaired) electrons. The van der Waals surface area contributed by atoms with Crippen LogP contribution in [0.4, 0.5) is 5.13 Å². The molecule has 0 unspecified atom stereocenters. The van der Waals surface area contributed by atoms with E-state index in [1.807, 2.05) is 0 Å². The first-order chi connectivity index (χ1) is 9.01. The first-order valence-corrected chi connectivity index (χ1v) is 7.41. The second kappa shape index (κ2) is 5.40. The molecule has 0 aliphatic heterocycles. The van der Waals surface area contributed by atoms with Gasteiger partial charge >= 0.3 is 0 Å². The van der Waals surface area contributed by atoms with E-state index in [0.717, 1.165) is 11.3 Å². The maximum absolute atomic E-state index is 11.9. The van der Waals surface area contributed by atoms with Gasteiger partial charge in [0, 0.05) is 0 Å². The number of rotatable bonds is 3. The number of imidazole rings is 1. The average molecular weight is 298 g/mol. The molecular weight excluding hydrogens is 288 g/mol. The third kappa shape index (κ3) is 3.31. The number of aromatic amines is 1. The number of H-pyrrole nitrogens is 1. The molecule has 0 atom stereocenters. The first-order valence-electron chi connectivity index (χ1n) is 5.11. The van der Waals surface area contributed by atoms with Crippen LogP contribution in [0.15, 0.2) is 17.4 Å². The summed E-state index contributed by atoms with van der Waals surface area (Å²) in [6, 6.07) is 0. The molecule has 0 amide bonds. The van der Waals surface area contributed by atoms with Gasteiger partial charge in [-0.25, -0.2) is 9.97 Å². The number of nitrogens with zero attached hydrogens (tertiary/aromatic N) is 2. The minimum atomic E-state index is -3.72. The van der Waals surface area contributed by atoms with E-state index < -0.39 is 10.0 Å². The number of sulfonamides is 1. The molecule has 9 heteroatoms. The number of nitrogens with one attached hydrogen (secondary N) is 2. The largest absolute Gasteiger partial charge is 0.384 e. The van der Waals surface area contributed by atoms with Crippen LogP contribution in [0.2, 0.25) is 0 Å². The van der Waals surface area contributed by atoms with Gasteiger partial charge in [0.25, 0.3) is 10.0 Å². The smallest absolute Gasteiger partial charge is 0.280 e. The third-order valence-electron chi connectivity index (χ3n) is 1.99. The Morgan fingerprint density at radius 1 is 1.47 bits per heavy atom. The Morgan fingerprint density at radius 2 is 2.26 bits per heavy atom. The normalized spacial score (nSPS) is 10.8. The fourth-order valence-electron chi connectivity index (χ4n) is 1.21. The molecule has 0 aliphatic carbocycles. The van der Waals surface area contributed by atoms with E-state index in [1.165, 1.54) is 12.4 Å². The molecule has 19 heavy (non-hydrogen) atoms. The van der Waals surface area contributed by atoms with Gasteiger partial charge in [-0.05, 0) is 6.92 Å². The number of aromatic nitrogens is 3. The molecule has 100 valence electrons. The highest BCUT2D eigenvalue weighted by molar-refractivity contribution is 7.92. The molecule has 3 N–H and O–H groups in total. The molecule has 2 aromatic heterocycles. The van der Waals surface area contributed by atoms with Gasteiger partial charge in [-0.3, -0.25) is 4.72 Å². The zero-order valence-corrected chi connectivity index (χ0v) is 11.5. The van der Waals surface area contributed by atoms with Gasteiger partial charge in [0.1, 0.15) is 12.4 Å². The molecule has 0 fully saturated rings. The maximum atomic E-state index is 11.9. The monoisotopic (exact) mass is 298 g/mol. The maximum Gasteiger partial charge on any atom is 0.280 e. The van der Waals surface area contributed by atoms with E-state index in [-0.39, 0.29) is 16.8 Å². The number of aliphatic hydroxyl groups excluding tert-OH is 1. The molecule has 0 saturated heterocycles. The van der Waals surface area contributed by atoms with E-state index in [0.29, 0.717) is 10.7 Å². The standard InChI is InChI=1S/C10H10N4O3S2/c1-7-11-6-9(13-7)19(16,17)14-10-12-5-8(18-10)3-2-4-15/h5-6,15H,4H2,1H3,(H,11,13)(H,12,14). The topological polar surface area (TPSA) is 108 Å². The summed E-state index contributed by atoms with van der Waals surface area (Å²) in [7, 11) is -3.72. The number of hydrogen-bond donors (Lipinski definition) is 3. The Bertz CT molecular complexity index is 736. The van der Waals surface area contributed by atoms with Crippen molar-refractivity contribution >= 4 is 26.5 Å². The van der Waals surface area contributed by atoms with E-state index in [1.54, 1.807) is 6.92 Å². The highest BCUT2D eigenvalue weighted by Gasteiger charge is 2.18. The summed E-state index contributed by atoms with van der Waals surface area (Å²) in [6.45, 7) is 1.40. The van der Waals surface area contributed by atoms with E-state index >= 15 is 0 Å². The van der Waals surface area contributed by atoms with Crippen molar-refractivity contribution in [3.63, 3.8) is 0 Å². The predicted molar refractivity (Wildman–Crippen MR) is 70.2 cm³/mol. The number of aryl methyl sites for hydroxylation is 1. The van der Waals surface area contributed by atoms with Crippen molar-refractivity contribution < 1.29 is 13.5 Å². The molecular formula is C10H10N4O3S2. The second-order valence-electron chi connectivity index (χ2n) is 3.43. The van der Waals surface area contributed by atoms with Crippen molar-refractivity contribution in [2.45, 2.75) is 11.9 Å². The van der Waals surface area contributed by atoms with Crippen molar-refractivity contribution in [3.8, 4) is 11.8 Å². The molecule has 0 spiro atoms. The van der Waals surface area contributed by atoms with Crippen molar-refractivity contribution in [2.75, 3.05) is 11.3 Å². The molecule has 0 saturated carbocycles. The molecule has 2 aromatic rings. The van der Waals surface area contributed by atoms with Gasteiger partial charge in [-0.15, -0.1) is 0 Å². The van der Waals surface area contributed by atoms with Crippen LogP contribution in [0, 0.1) is 18.8 Å². The molecule has 7 nitrogen and oxygen atoms in total. The van der Waals surface area contributed by atoms with Crippen molar-refractivity contribution in [2.24, 2.45) is 0 Å². The fourth-order valence-corrected chi connectivity index (χ4v) is 3.11. The van der Waals surface area contributed by atoms with Crippen LogP contribution >= 0.6 is 11.3 Å². The fraction of sp³-hybridized carbons (Fsp3) is 0.200.